The highest BCUT2D eigenvalue weighted by Gasteiger charge is 2.11. The molecule has 1 aliphatic rings. The average Bonchev–Trinajstić information content (AvgIpc) is 2.75. The number of hydrogen-bond donors (Lipinski definition) is 2. The highest BCUT2D eigenvalue weighted by atomic mass is 16.5. The maximum Gasteiger partial charge on any atom is 0.145 e. The molecule has 4 heteroatoms. The fraction of sp³-hybridized carbons (Fsp3) is 0.250. The molecule has 3 rings (SSSR count). The zero-order valence-corrected chi connectivity index (χ0v) is 8.86. The molecule has 0 saturated carbocycles. The number of nitrogens with one attached hydrogen (secondary N) is 1. The summed E-state index contributed by atoms with van der Waals surface area (Å²) >= 11 is 0. The van der Waals surface area contributed by atoms with Gasteiger partial charge in [0.15, 0.2) is 0 Å². The Hall–Kier alpha value is -1.97. The number of ether oxygens (including phenoxy) is 1. The van der Waals surface area contributed by atoms with E-state index < -0.39 is 0 Å². The topological polar surface area (TPSA) is 63.9 Å². The van der Waals surface area contributed by atoms with E-state index in [0.717, 1.165) is 36.5 Å². The van der Waals surface area contributed by atoms with Gasteiger partial charge in [0.25, 0.3) is 0 Å². The van der Waals surface area contributed by atoms with Gasteiger partial charge in [-0.05, 0) is 36.6 Å². The Morgan fingerprint density at radius 2 is 2.25 bits per heavy atom. The number of aromatic nitrogens is 2. The van der Waals surface area contributed by atoms with E-state index in [9.17, 15) is 0 Å². The number of aryl methyl sites for hydroxylation is 1. The number of nitrogens with two attached hydrogens (primary N) is 1. The SMILES string of the molecule is Nc1cc(-c2ccc3c(c2)CCCO3)[nH]n1. The molecule has 1 aromatic heterocycles. The third-order valence-electron chi connectivity index (χ3n) is 2.82. The minimum absolute atomic E-state index is 0.518. The van der Waals surface area contributed by atoms with E-state index in [4.69, 9.17) is 10.5 Å². The first kappa shape index (κ1) is 9.27. The van der Waals surface area contributed by atoms with Gasteiger partial charge in [0.2, 0.25) is 0 Å². The van der Waals surface area contributed by atoms with Gasteiger partial charge in [0.05, 0.1) is 12.3 Å². The van der Waals surface area contributed by atoms with Crippen LogP contribution in [0.25, 0.3) is 11.3 Å². The molecule has 0 spiro atoms. The molecule has 0 aliphatic carbocycles. The molecule has 0 fully saturated rings. The summed E-state index contributed by atoms with van der Waals surface area (Å²) in [5.41, 5.74) is 8.90. The zero-order chi connectivity index (χ0) is 11.0. The molecule has 4 nitrogen and oxygen atoms in total. The smallest absolute Gasteiger partial charge is 0.145 e. The predicted molar refractivity (Wildman–Crippen MR) is 62.3 cm³/mol. The molecule has 1 aromatic carbocycles. The molecule has 0 atom stereocenters. The summed E-state index contributed by atoms with van der Waals surface area (Å²) in [5.74, 6) is 1.52. The molecule has 0 amide bonds. The van der Waals surface area contributed by atoms with Crippen LogP contribution in [0, 0.1) is 0 Å². The van der Waals surface area contributed by atoms with Gasteiger partial charge in [0.1, 0.15) is 11.6 Å². The van der Waals surface area contributed by atoms with Crippen molar-refractivity contribution >= 4 is 5.82 Å². The number of nitrogen functional groups attached to an aromatic ring is 1. The van der Waals surface area contributed by atoms with Crippen molar-refractivity contribution in [2.24, 2.45) is 0 Å². The Morgan fingerprint density at radius 3 is 3.06 bits per heavy atom. The third kappa shape index (κ3) is 1.52. The van der Waals surface area contributed by atoms with Gasteiger partial charge >= 0.3 is 0 Å². The lowest BCUT2D eigenvalue weighted by Gasteiger charge is -2.17. The van der Waals surface area contributed by atoms with Crippen LogP contribution < -0.4 is 10.5 Å². The molecule has 16 heavy (non-hydrogen) atoms. The average molecular weight is 215 g/mol. The summed E-state index contributed by atoms with van der Waals surface area (Å²) < 4.78 is 5.57. The molecular formula is C12H13N3O. The summed E-state index contributed by atoms with van der Waals surface area (Å²) in [6.45, 7) is 0.823. The summed E-state index contributed by atoms with van der Waals surface area (Å²) in [5, 5.41) is 6.84. The summed E-state index contributed by atoms with van der Waals surface area (Å²) in [4.78, 5) is 0. The normalized spacial score (nSPS) is 14.2. The number of fused-ring (bicyclic) bond motifs is 1. The Kier molecular flexibility index (Phi) is 2.06. The first-order chi connectivity index (χ1) is 7.83. The van der Waals surface area contributed by atoms with Crippen LogP contribution >= 0.6 is 0 Å². The van der Waals surface area contributed by atoms with Gasteiger partial charge < -0.3 is 10.5 Å². The van der Waals surface area contributed by atoms with Crippen LogP contribution in [0.1, 0.15) is 12.0 Å². The molecule has 0 saturated heterocycles. The Labute approximate surface area is 93.4 Å². The van der Waals surface area contributed by atoms with E-state index >= 15 is 0 Å². The standard InChI is InChI=1S/C12H13N3O/c13-12-7-10(14-15-12)8-3-4-11-9(6-8)2-1-5-16-11/h3-4,6-7H,1-2,5H2,(H3,13,14,15). The van der Waals surface area contributed by atoms with Gasteiger partial charge in [-0.25, -0.2) is 0 Å². The quantitative estimate of drug-likeness (QED) is 0.764. The van der Waals surface area contributed by atoms with E-state index in [1.54, 1.807) is 0 Å². The zero-order valence-electron chi connectivity index (χ0n) is 8.86. The molecule has 1 aliphatic heterocycles. The predicted octanol–water partition coefficient (Wildman–Crippen LogP) is 1.98. The minimum atomic E-state index is 0.518. The molecule has 0 bridgehead atoms. The number of H-pyrrole nitrogens is 1. The van der Waals surface area contributed by atoms with Crippen molar-refractivity contribution in [1.82, 2.24) is 10.2 Å². The molecule has 82 valence electrons. The number of benzene rings is 1. The van der Waals surface area contributed by atoms with Crippen molar-refractivity contribution in [3.63, 3.8) is 0 Å². The monoisotopic (exact) mass is 215 g/mol. The number of anilines is 1. The van der Waals surface area contributed by atoms with Crippen LogP contribution in [0.15, 0.2) is 24.3 Å². The fourth-order valence-electron chi connectivity index (χ4n) is 2.01. The second kappa shape index (κ2) is 3.56. The Morgan fingerprint density at radius 1 is 1.31 bits per heavy atom. The lowest BCUT2D eigenvalue weighted by Crippen LogP contribution is -2.08. The Bertz CT molecular complexity index is 519. The number of rotatable bonds is 1. The van der Waals surface area contributed by atoms with Crippen molar-refractivity contribution in [2.75, 3.05) is 12.3 Å². The molecular weight excluding hydrogens is 202 g/mol. The third-order valence-corrected chi connectivity index (χ3v) is 2.82. The van der Waals surface area contributed by atoms with Gasteiger partial charge in [-0.2, -0.15) is 5.10 Å². The van der Waals surface area contributed by atoms with Crippen molar-refractivity contribution in [3.05, 3.63) is 29.8 Å². The Balaban J connectivity index is 2.02. The first-order valence-corrected chi connectivity index (χ1v) is 5.40. The van der Waals surface area contributed by atoms with E-state index in [2.05, 4.69) is 16.3 Å². The minimum Gasteiger partial charge on any atom is -0.493 e. The van der Waals surface area contributed by atoms with Crippen molar-refractivity contribution in [1.29, 1.82) is 0 Å². The molecule has 2 aromatic rings. The van der Waals surface area contributed by atoms with Crippen molar-refractivity contribution < 1.29 is 4.74 Å². The van der Waals surface area contributed by atoms with Crippen molar-refractivity contribution in [2.45, 2.75) is 12.8 Å². The van der Waals surface area contributed by atoms with E-state index in [1.165, 1.54) is 5.56 Å². The van der Waals surface area contributed by atoms with Crippen molar-refractivity contribution in [3.8, 4) is 17.0 Å². The molecule has 2 heterocycles. The second-order valence-electron chi connectivity index (χ2n) is 3.98. The van der Waals surface area contributed by atoms with Crippen LogP contribution in [0.4, 0.5) is 5.82 Å². The van der Waals surface area contributed by atoms with Crippen LogP contribution in [0.3, 0.4) is 0 Å². The van der Waals surface area contributed by atoms with Crippen LogP contribution in [-0.4, -0.2) is 16.8 Å². The summed E-state index contributed by atoms with van der Waals surface area (Å²) in [6, 6.07) is 8.02. The summed E-state index contributed by atoms with van der Waals surface area (Å²) in [6.07, 6.45) is 2.16. The number of aromatic amines is 1. The first-order valence-electron chi connectivity index (χ1n) is 5.40. The van der Waals surface area contributed by atoms with E-state index in [-0.39, 0.29) is 0 Å². The highest BCUT2D eigenvalue weighted by Crippen LogP contribution is 2.29. The number of hydrogen-bond acceptors (Lipinski definition) is 3. The lowest BCUT2D eigenvalue weighted by molar-refractivity contribution is 0.288. The van der Waals surface area contributed by atoms with E-state index in [1.807, 2.05) is 18.2 Å². The van der Waals surface area contributed by atoms with E-state index in [0.29, 0.717) is 5.82 Å². The maximum atomic E-state index is 5.59. The van der Waals surface area contributed by atoms with Gasteiger partial charge in [0, 0.05) is 11.6 Å². The largest absolute Gasteiger partial charge is 0.493 e. The van der Waals surface area contributed by atoms with Crippen LogP contribution in [0.2, 0.25) is 0 Å². The second-order valence-corrected chi connectivity index (χ2v) is 3.98. The maximum absolute atomic E-state index is 5.59. The highest BCUT2D eigenvalue weighted by molar-refractivity contribution is 5.64. The lowest BCUT2D eigenvalue weighted by atomic mass is 10.0. The van der Waals surface area contributed by atoms with Gasteiger partial charge in [-0.15, -0.1) is 0 Å². The van der Waals surface area contributed by atoms with Crippen LogP contribution in [-0.2, 0) is 6.42 Å². The molecule has 0 radical (unpaired) electrons. The molecule has 0 unspecified atom stereocenters. The van der Waals surface area contributed by atoms with Crippen LogP contribution in [0.5, 0.6) is 5.75 Å². The fourth-order valence-corrected chi connectivity index (χ4v) is 2.01. The molecule has 3 N–H and O–H groups in total. The summed E-state index contributed by atoms with van der Waals surface area (Å²) in [7, 11) is 0. The number of nitrogens with zero attached hydrogens (tertiary/aromatic N) is 1. The van der Waals surface area contributed by atoms with Gasteiger partial charge in [-0.1, -0.05) is 0 Å². The van der Waals surface area contributed by atoms with Gasteiger partial charge in [-0.3, -0.25) is 5.10 Å².